The van der Waals surface area contributed by atoms with Gasteiger partial charge in [0.05, 0.1) is 22.6 Å². The molecule has 2 aromatic rings. The summed E-state index contributed by atoms with van der Waals surface area (Å²) in [6.45, 7) is 0.874. The number of methoxy groups -OCH3 is 1. The van der Waals surface area contributed by atoms with Crippen molar-refractivity contribution >= 4 is 27.3 Å². The van der Waals surface area contributed by atoms with Gasteiger partial charge in [-0.3, -0.25) is 0 Å². The second-order valence-corrected chi connectivity index (χ2v) is 8.58. The van der Waals surface area contributed by atoms with Crippen LogP contribution in [0.5, 0.6) is 5.75 Å². The number of anilines is 1. The molecule has 152 valence electrons. The van der Waals surface area contributed by atoms with Crippen molar-refractivity contribution in [3.63, 3.8) is 0 Å². The molecule has 2 aromatic carbocycles. The van der Waals surface area contributed by atoms with E-state index < -0.39 is 21.8 Å². The smallest absolute Gasteiger partial charge is 0.416 e. The molecule has 1 saturated heterocycles. The number of ether oxygens (including phenoxy) is 1. The lowest BCUT2D eigenvalue weighted by molar-refractivity contribution is -0.137. The van der Waals surface area contributed by atoms with Crippen LogP contribution in [0.2, 0.25) is 5.02 Å². The highest BCUT2D eigenvalue weighted by Gasteiger charge is 2.32. The molecule has 28 heavy (non-hydrogen) atoms. The van der Waals surface area contributed by atoms with Gasteiger partial charge in [-0.05, 0) is 36.4 Å². The Morgan fingerprint density at radius 3 is 2.29 bits per heavy atom. The molecule has 0 radical (unpaired) electrons. The van der Waals surface area contributed by atoms with E-state index in [0.717, 1.165) is 12.1 Å². The summed E-state index contributed by atoms with van der Waals surface area (Å²) >= 11 is 6.02. The van der Waals surface area contributed by atoms with E-state index >= 15 is 0 Å². The Kier molecular flexibility index (Phi) is 5.79. The van der Waals surface area contributed by atoms with Crippen LogP contribution in [0.15, 0.2) is 47.4 Å². The van der Waals surface area contributed by atoms with Crippen LogP contribution >= 0.6 is 11.6 Å². The van der Waals surface area contributed by atoms with Crippen molar-refractivity contribution in [1.82, 2.24) is 4.31 Å². The molecule has 0 aromatic heterocycles. The van der Waals surface area contributed by atoms with Crippen LogP contribution in [0.4, 0.5) is 18.9 Å². The molecule has 0 unspecified atom stereocenters. The number of alkyl halides is 3. The Labute approximate surface area is 166 Å². The van der Waals surface area contributed by atoms with Crippen LogP contribution in [0, 0.1) is 0 Å². The molecule has 0 atom stereocenters. The van der Waals surface area contributed by atoms with E-state index in [-0.39, 0.29) is 36.1 Å². The minimum absolute atomic E-state index is 0.0471. The van der Waals surface area contributed by atoms with Crippen molar-refractivity contribution in [3.8, 4) is 5.75 Å². The highest BCUT2D eigenvalue weighted by atomic mass is 35.5. The number of benzene rings is 2. The zero-order valence-corrected chi connectivity index (χ0v) is 16.5. The fourth-order valence-electron chi connectivity index (χ4n) is 3.02. The van der Waals surface area contributed by atoms with E-state index in [0.29, 0.717) is 11.4 Å². The van der Waals surface area contributed by atoms with Crippen LogP contribution in [-0.2, 0) is 16.2 Å². The molecular formula is C18H18ClF3N2O3S. The lowest BCUT2D eigenvalue weighted by Crippen LogP contribution is -2.48. The first-order chi connectivity index (χ1) is 13.1. The summed E-state index contributed by atoms with van der Waals surface area (Å²) in [5.41, 5.74) is -0.313. The number of hydrogen-bond donors (Lipinski definition) is 0. The Hall–Kier alpha value is -1.97. The molecule has 0 saturated carbocycles. The quantitative estimate of drug-likeness (QED) is 0.732. The fourth-order valence-corrected chi connectivity index (χ4v) is 4.79. The Balaban J connectivity index is 1.74. The van der Waals surface area contributed by atoms with E-state index in [4.69, 9.17) is 16.3 Å². The topological polar surface area (TPSA) is 49.9 Å². The first-order valence-electron chi connectivity index (χ1n) is 8.39. The summed E-state index contributed by atoms with van der Waals surface area (Å²) in [6.07, 6.45) is -4.42. The molecule has 1 heterocycles. The van der Waals surface area contributed by atoms with Gasteiger partial charge in [-0.2, -0.15) is 17.5 Å². The van der Waals surface area contributed by atoms with Crippen molar-refractivity contribution in [2.45, 2.75) is 11.1 Å². The highest BCUT2D eigenvalue weighted by Crippen LogP contribution is 2.32. The van der Waals surface area contributed by atoms with Gasteiger partial charge in [-0.15, -0.1) is 0 Å². The van der Waals surface area contributed by atoms with Gasteiger partial charge in [0.2, 0.25) is 10.0 Å². The molecule has 5 nitrogen and oxygen atoms in total. The number of hydrogen-bond acceptors (Lipinski definition) is 4. The molecule has 0 amide bonds. The molecule has 1 aliphatic heterocycles. The number of sulfonamides is 1. The number of nitrogens with zero attached hydrogens (tertiary/aromatic N) is 2. The minimum atomic E-state index is -4.42. The first-order valence-corrected chi connectivity index (χ1v) is 10.2. The van der Waals surface area contributed by atoms with Crippen LogP contribution < -0.4 is 9.64 Å². The average molecular weight is 435 g/mol. The third-order valence-corrected chi connectivity index (χ3v) is 6.73. The van der Waals surface area contributed by atoms with Gasteiger partial charge in [0.1, 0.15) is 5.75 Å². The maximum absolute atomic E-state index is 12.9. The van der Waals surface area contributed by atoms with Crippen molar-refractivity contribution in [2.24, 2.45) is 0 Å². The summed E-state index contributed by atoms with van der Waals surface area (Å²) in [4.78, 5) is 1.79. The lowest BCUT2D eigenvalue weighted by atomic mass is 10.1. The van der Waals surface area contributed by atoms with Gasteiger partial charge < -0.3 is 9.64 Å². The van der Waals surface area contributed by atoms with Crippen LogP contribution in [0.1, 0.15) is 5.56 Å². The zero-order chi connectivity index (χ0) is 20.5. The standard InChI is InChI=1S/C18H18ClF3N2O3S/c1-27-17-6-5-15(12-16(17)19)28(25,26)24-9-7-23(8-10-24)14-4-2-3-13(11-14)18(20,21)22/h2-6,11-12H,7-10H2,1H3. The SMILES string of the molecule is COc1ccc(S(=O)(=O)N2CCN(c3cccc(C(F)(F)F)c3)CC2)cc1Cl. The molecule has 1 aliphatic rings. The number of halogens is 4. The predicted molar refractivity (Wildman–Crippen MR) is 100 cm³/mol. The Morgan fingerprint density at radius 1 is 1.04 bits per heavy atom. The molecule has 10 heteroatoms. The number of rotatable bonds is 4. The Bertz CT molecular complexity index is 959. The average Bonchev–Trinajstić information content (AvgIpc) is 2.67. The van der Waals surface area contributed by atoms with Crippen molar-refractivity contribution in [3.05, 3.63) is 53.1 Å². The van der Waals surface area contributed by atoms with Crippen LogP contribution in [0.3, 0.4) is 0 Å². The largest absolute Gasteiger partial charge is 0.495 e. The van der Waals surface area contributed by atoms with Gasteiger partial charge in [0.25, 0.3) is 0 Å². The molecule has 0 spiro atoms. The molecule has 0 aliphatic carbocycles. The third kappa shape index (κ3) is 4.21. The van der Waals surface area contributed by atoms with E-state index in [2.05, 4.69) is 0 Å². The van der Waals surface area contributed by atoms with Gasteiger partial charge >= 0.3 is 6.18 Å². The summed E-state index contributed by atoms with van der Waals surface area (Å²) in [5.74, 6) is 0.370. The van der Waals surface area contributed by atoms with Crippen molar-refractivity contribution < 1.29 is 26.3 Å². The van der Waals surface area contributed by atoms with Gasteiger partial charge in [-0.1, -0.05) is 17.7 Å². The molecular weight excluding hydrogens is 417 g/mol. The number of piperazine rings is 1. The Morgan fingerprint density at radius 2 is 1.71 bits per heavy atom. The van der Waals surface area contributed by atoms with Crippen LogP contribution in [0.25, 0.3) is 0 Å². The fraction of sp³-hybridized carbons (Fsp3) is 0.333. The summed E-state index contributed by atoms with van der Waals surface area (Å²) in [5, 5.41) is 0.186. The second kappa shape index (κ2) is 7.81. The minimum Gasteiger partial charge on any atom is -0.495 e. The summed E-state index contributed by atoms with van der Waals surface area (Å²) in [7, 11) is -2.33. The maximum atomic E-state index is 12.9. The van der Waals surface area contributed by atoms with Crippen LogP contribution in [-0.4, -0.2) is 46.0 Å². The van der Waals surface area contributed by atoms with E-state index in [1.165, 1.54) is 35.7 Å². The second-order valence-electron chi connectivity index (χ2n) is 6.24. The van der Waals surface area contributed by atoms with E-state index in [1.54, 1.807) is 11.0 Å². The van der Waals surface area contributed by atoms with E-state index in [9.17, 15) is 21.6 Å². The predicted octanol–water partition coefficient (Wildman–Crippen LogP) is 3.88. The molecule has 1 fully saturated rings. The van der Waals surface area contributed by atoms with Crippen molar-refractivity contribution in [2.75, 3.05) is 38.2 Å². The van der Waals surface area contributed by atoms with Gasteiger partial charge in [0, 0.05) is 31.9 Å². The molecule has 0 N–H and O–H groups in total. The van der Waals surface area contributed by atoms with Gasteiger partial charge in [-0.25, -0.2) is 8.42 Å². The van der Waals surface area contributed by atoms with E-state index in [1.807, 2.05) is 0 Å². The maximum Gasteiger partial charge on any atom is 0.416 e. The molecule has 3 rings (SSSR count). The van der Waals surface area contributed by atoms with Crippen molar-refractivity contribution in [1.29, 1.82) is 0 Å². The van der Waals surface area contributed by atoms with Gasteiger partial charge in [0.15, 0.2) is 0 Å². The highest BCUT2D eigenvalue weighted by molar-refractivity contribution is 7.89. The normalized spacial score (nSPS) is 16.2. The monoisotopic (exact) mass is 434 g/mol. The summed E-state index contributed by atoms with van der Waals surface area (Å²) in [6, 6.07) is 9.25. The third-order valence-electron chi connectivity index (χ3n) is 4.54. The summed E-state index contributed by atoms with van der Waals surface area (Å²) < 4.78 is 70.7. The lowest BCUT2D eigenvalue weighted by Gasteiger charge is -2.35. The first kappa shape index (κ1) is 20.8. The zero-order valence-electron chi connectivity index (χ0n) is 14.9. The molecule has 0 bridgehead atoms.